The molecule has 2 N–H and O–H groups in total. The van der Waals surface area contributed by atoms with Gasteiger partial charge in [0.15, 0.2) is 0 Å². The quantitative estimate of drug-likeness (QED) is 0.583. The van der Waals surface area contributed by atoms with Crippen molar-refractivity contribution < 1.29 is 9.90 Å². The summed E-state index contributed by atoms with van der Waals surface area (Å²) in [6.45, 7) is 2.16. The summed E-state index contributed by atoms with van der Waals surface area (Å²) in [6.07, 6.45) is 2.28. The van der Waals surface area contributed by atoms with Crippen LogP contribution in [0.5, 0.6) is 0 Å². The molecule has 0 heterocycles. The molecule has 10 heavy (non-hydrogen) atoms. The third-order valence-corrected chi connectivity index (χ3v) is 2.02. The normalized spacial score (nSPS) is 32.1. The fourth-order valence-corrected chi connectivity index (χ4v) is 1.51. The Hall–Kier alpha value is -0.730. The van der Waals surface area contributed by atoms with Crippen molar-refractivity contribution in [1.82, 2.24) is 5.32 Å². The Morgan fingerprint density at radius 2 is 2.30 bits per heavy atom. The lowest BCUT2D eigenvalue weighted by molar-refractivity contribution is 0.190. The van der Waals surface area contributed by atoms with E-state index in [0.717, 1.165) is 19.3 Å². The molecule has 0 aromatic heterocycles. The van der Waals surface area contributed by atoms with Crippen LogP contribution in [0.15, 0.2) is 0 Å². The largest absolute Gasteiger partial charge is 0.465 e. The van der Waals surface area contributed by atoms with Crippen LogP contribution in [-0.4, -0.2) is 17.2 Å². The fourth-order valence-electron chi connectivity index (χ4n) is 1.51. The minimum atomic E-state index is -0.890. The van der Waals surface area contributed by atoms with Gasteiger partial charge in [0.1, 0.15) is 0 Å². The van der Waals surface area contributed by atoms with E-state index in [-0.39, 0.29) is 6.04 Å². The predicted octanol–water partition coefficient (Wildman–Crippen LogP) is 1.44. The monoisotopic (exact) mass is 143 g/mol. The average Bonchev–Trinajstić information content (AvgIpc) is 2.13. The molecule has 0 saturated heterocycles. The van der Waals surface area contributed by atoms with Crippen LogP contribution >= 0.6 is 0 Å². The number of carboxylic acid groups (broad SMARTS) is 1. The topological polar surface area (TPSA) is 49.3 Å². The maximum Gasteiger partial charge on any atom is 0.404 e. The third kappa shape index (κ3) is 1.90. The molecule has 0 aromatic rings. The van der Waals surface area contributed by atoms with Crippen molar-refractivity contribution >= 4 is 6.09 Å². The van der Waals surface area contributed by atoms with E-state index < -0.39 is 6.09 Å². The van der Waals surface area contributed by atoms with Crippen molar-refractivity contribution in [1.29, 1.82) is 0 Å². The molecule has 1 aliphatic carbocycles. The minimum Gasteiger partial charge on any atom is -0.465 e. The summed E-state index contributed by atoms with van der Waals surface area (Å²) >= 11 is 0. The van der Waals surface area contributed by atoms with Crippen LogP contribution in [0, 0.1) is 5.92 Å². The van der Waals surface area contributed by atoms with Crippen LogP contribution in [-0.2, 0) is 0 Å². The van der Waals surface area contributed by atoms with Crippen molar-refractivity contribution in [2.24, 2.45) is 5.92 Å². The first-order valence-electron chi connectivity index (χ1n) is 3.68. The maximum atomic E-state index is 10.2. The highest BCUT2D eigenvalue weighted by molar-refractivity contribution is 5.64. The van der Waals surface area contributed by atoms with Crippen molar-refractivity contribution in [2.45, 2.75) is 32.2 Å². The highest BCUT2D eigenvalue weighted by Gasteiger charge is 2.21. The van der Waals surface area contributed by atoms with Crippen LogP contribution in [0.2, 0.25) is 0 Å². The maximum absolute atomic E-state index is 10.2. The molecule has 0 radical (unpaired) electrons. The van der Waals surface area contributed by atoms with Gasteiger partial charge in [0.05, 0.1) is 0 Å². The van der Waals surface area contributed by atoms with Gasteiger partial charge in [0.25, 0.3) is 0 Å². The Bertz CT molecular complexity index is 136. The van der Waals surface area contributed by atoms with Crippen LogP contribution < -0.4 is 5.32 Å². The minimum absolute atomic E-state index is 0.215. The summed E-state index contributed by atoms with van der Waals surface area (Å²) < 4.78 is 0. The Balaban J connectivity index is 2.24. The lowest BCUT2D eigenvalue weighted by Gasteiger charge is -2.07. The SMILES string of the molecule is CC1CCC(NC(=O)O)C1. The lowest BCUT2D eigenvalue weighted by Crippen LogP contribution is -2.31. The zero-order valence-electron chi connectivity index (χ0n) is 6.13. The highest BCUT2D eigenvalue weighted by atomic mass is 16.4. The number of hydrogen-bond acceptors (Lipinski definition) is 1. The Kier molecular flexibility index (Phi) is 2.14. The van der Waals surface area contributed by atoms with E-state index in [2.05, 4.69) is 12.2 Å². The zero-order chi connectivity index (χ0) is 7.56. The standard InChI is InChI=1S/C7H13NO2/c1-5-2-3-6(4-5)8-7(9)10/h5-6,8H,2-4H2,1H3,(H,9,10). The van der Waals surface area contributed by atoms with Gasteiger partial charge < -0.3 is 10.4 Å². The van der Waals surface area contributed by atoms with E-state index in [1.807, 2.05) is 0 Å². The van der Waals surface area contributed by atoms with E-state index in [9.17, 15) is 4.79 Å². The molecule has 58 valence electrons. The van der Waals surface area contributed by atoms with E-state index in [1.54, 1.807) is 0 Å². The molecule has 1 fully saturated rings. The molecular formula is C7H13NO2. The van der Waals surface area contributed by atoms with Crippen molar-refractivity contribution in [3.63, 3.8) is 0 Å². The second-order valence-electron chi connectivity index (χ2n) is 3.06. The van der Waals surface area contributed by atoms with Crippen LogP contribution in [0.3, 0.4) is 0 Å². The number of carbonyl (C=O) groups is 1. The number of amides is 1. The van der Waals surface area contributed by atoms with E-state index in [0.29, 0.717) is 5.92 Å². The van der Waals surface area contributed by atoms with Gasteiger partial charge in [-0.05, 0) is 25.2 Å². The molecule has 3 nitrogen and oxygen atoms in total. The van der Waals surface area contributed by atoms with E-state index in [1.165, 1.54) is 0 Å². The summed E-state index contributed by atoms with van der Waals surface area (Å²) in [5.74, 6) is 0.692. The first-order valence-corrected chi connectivity index (χ1v) is 3.68. The molecular weight excluding hydrogens is 130 g/mol. The Morgan fingerprint density at radius 1 is 1.60 bits per heavy atom. The lowest BCUT2D eigenvalue weighted by atomic mass is 10.1. The molecule has 2 atom stereocenters. The number of hydrogen-bond donors (Lipinski definition) is 2. The van der Waals surface area contributed by atoms with Crippen LogP contribution in [0.4, 0.5) is 4.79 Å². The second kappa shape index (κ2) is 2.90. The van der Waals surface area contributed by atoms with Crippen molar-refractivity contribution in [2.75, 3.05) is 0 Å². The van der Waals surface area contributed by atoms with Gasteiger partial charge in [-0.25, -0.2) is 4.79 Å². The highest BCUT2D eigenvalue weighted by Crippen LogP contribution is 2.24. The van der Waals surface area contributed by atoms with E-state index in [4.69, 9.17) is 5.11 Å². The van der Waals surface area contributed by atoms with Gasteiger partial charge in [0, 0.05) is 6.04 Å². The summed E-state index contributed by atoms with van der Waals surface area (Å²) in [4.78, 5) is 10.2. The molecule has 1 saturated carbocycles. The number of rotatable bonds is 1. The molecule has 0 bridgehead atoms. The van der Waals surface area contributed by atoms with Gasteiger partial charge in [0.2, 0.25) is 0 Å². The molecule has 1 rings (SSSR count). The second-order valence-corrected chi connectivity index (χ2v) is 3.06. The van der Waals surface area contributed by atoms with Crippen molar-refractivity contribution in [3.8, 4) is 0 Å². The molecule has 1 amide bonds. The van der Waals surface area contributed by atoms with Gasteiger partial charge in [-0.1, -0.05) is 6.92 Å². The number of nitrogens with one attached hydrogen (secondary N) is 1. The van der Waals surface area contributed by atoms with Crippen molar-refractivity contribution in [3.05, 3.63) is 0 Å². The van der Waals surface area contributed by atoms with Crippen LogP contribution in [0.25, 0.3) is 0 Å². The fraction of sp³-hybridized carbons (Fsp3) is 0.857. The summed E-state index contributed by atoms with van der Waals surface area (Å²) in [5.41, 5.74) is 0. The van der Waals surface area contributed by atoms with Gasteiger partial charge in [-0.15, -0.1) is 0 Å². The molecule has 1 aliphatic rings. The summed E-state index contributed by atoms with van der Waals surface area (Å²) in [5, 5.41) is 10.8. The molecule has 2 unspecified atom stereocenters. The third-order valence-electron chi connectivity index (χ3n) is 2.02. The molecule has 0 aliphatic heterocycles. The zero-order valence-corrected chi connectivity index (χ0v) is 6.13. The average molecular weight is 143 g/mol. The summed E-state index contributed by atoms with van der Waals surface area (Å²) in [6, 6.07) is 0.215. The van der Waals surface area contributed by atoms with Crippen LogP contribution in [0.1, 0.15) is 26.2 Å². The van der Waals surface area contributed by atoms with Gasteiger partial charge >= 0.3 is 6.09 Å². The molecule has 3 heteroatoms. The Labute approximate surface area is 60.4 Å². The van der Waals surface area contributed by atoms with Gasteiger partial charge in [-0.3, -0.25) is 0 Å². The molecule has 0 aromatic carbocycles. The first-order chi connectivity index (χ1) is 4.68. The molecule has 0 spiro atoms. The smallest absolute Gasteiger partial charge is 0.404 e. The summed E-state index contributed by atoms with van der Waals surface area (Å²) in [7, 11) is 0. The predicted molar refractivity (Wildman–Crippen MR) is 38.0 cm³/mol. The van der Waals surface area contributed by atoms with Gasteiger partial charge in [-0.2, -0.15) is 0 Å². The Morgan fingerprint density at radius 3 is 2.70 bits per heavy atom. The van der Waals surface area contributed by atoms with E-state index >= 15 is 0 Å². The first kappa shape index (κ1) is 7.38.